The molecule has 5 rings (SSSR count). The van der Waals surface area contributed by atoms with Crippen molar-refractivity contribution in [2.45, 2.75) is 51.6 Å². The first-order valence-corrected chi connectivity index (χ1v) is 14.1. The molecular formula is C33H40N4O2. The molecule has 2 heterocycles. The number of hydrogen-bond acceptors (Lipinski definition) is 5. The van der Waals surface area contributed by atoms with E-state index in [-0.39, 0.29) is 11.7 Å². The zero-order valence-electron chi connectivity index (χ0n) is 23.4. The Morgan fingerprint density at radius 3 is 2.23 bits per heavy atom. The van der Waals surface area contributed by atoms with E-state index in [9.17, 15) is 9.59 Å². The van der Waals surface area contributed by atoms with Crippen LogP contribution in [0.4, 0.5) is 11.4 Å². The van der Waals surface area contributed by atoms with E-state index in [1.54, 1.807) is 0 Å². The molecule has 39 heavy (non-hydrogen) atoms. The largest absolute Gasteiger partial charge is 0.383 e. The number of para-hydroxylation sites is 1. The molecule has 1 N–H and O–H groups in total. The molecule has 0 atom stereocenters. The minimum absolute atomic E-state index is 0.139. The van der Waals surface area contributed by atoms with Crippen molar-refractivity contribution < 1.29 is 9.59 Å². The molecule has 0 unspecified atom stereocenters. The number of aryl methyl sites for hydroxylation is 1. The Morgan fingerprint density at radius 2 is 1.59 bits per heavy atom. The molecule has 6 heteroatoms. The molecule has 1 amide bonds. The molecule has 3 aromatic carbocycles. The van der Waals surface area contributed by atoms with Crippen molar-refractivity contribution in [3.8, 4) is 0 Å². The van der Waals surface area contributed by atoms with Gasteiger partial charge in [-0.3, -0.25) is 14.5 Å². The molecule has 2 aliphatic heterocycles. The summed E-state index contributed by atoms with van der Waals surface area (Å²) < 4.78 is 0. The van der Waals surface area contributed by atoms with E-state index in [2.05, 4.69) is 65.4 Å². The summed E-state index contributed by atoms with van der Waals surface area (Å²) in [6, 6.07) is 27.0. The number of ketones is 1. The van der Waals surface area contributed by atoms with Gasteiger partial charge in [-0.05, 0) is 69.9 Å². The van der Waals surface area contributed by atoms with Crippen molar-refractivity contribution in [2.75, 3.05) is 43.1 Å². The maximum atomic E-state index is 14.0. The average Bonchev–Trinajstić information content (AvgIpc) is 3.21. The van der Waals surface area contributed by atoms with Gasteiger partial charge in [0.15, 0.2) is 5.78 Å². The lowest BCUT2D eigenvalue weighted by molar-refractivity contribution is -0.133. The molecule has 2 aliphatic rings. The Bertz CT molecular complexity index is 1260. The average molecular weight is 525 g/mol. The van der Waals surface area contributed by atoms with Gasteiger partial charge in [0.25, 0.3) is 0 Å². The minimum Gasteiger partial charge on any atom is -0.383 e. The summed E-state index contributed by atoms with van der Waals surface area (Å²) in [6.45, 7) is 9.43. The first-order valence-electron chi connectivity index (χ1n) is 14.1. The topological polar surface area (TPSA) is 55.9 Å². The Labute approximate surface area is 232 Å². The summed E-state index contributed by atoms with van der Waals surface area (Å²) in [5.41, 5.74) is 4.78. The van der Waals surface area contributed by atoms with Gasteiger partial charge in [0.2, 0.25) is 5.91 Å². The second-order valence-corrected chi connectivity index (χ2v) is 11.3. The van der Waals surface area contributed by atoms with Crippen LogP contribution in [0.15, 0.2) is 78.9 Å². The van der Waals surface area contributed by atoms with Gasteiger partial charge in [0, 0.05) is 42.6 Å². The third-order valence-electron chi connectivity index (χ3n) is 8.09. The van der Waals surface area contributed by atoms with Gasteiger partial charge in [-0.25, -0.2) is 0 Å². The third-order valence-corrected chi connectivity index (χ3v) is 8.09. The molecule has 0 radical (unpaired) electrons. The summed E-state index contributed by atoms with van der Waals surface area (Å²) in [5, 5.41) is 3.43. The van der Waals surface area contributed by atoms with Crippen LogP contribution in [0.1, 0.15) is 48.2 Å². The minimum atomic E-state index is -0.560. The fourth-order valence-electron chi connectivity index (χ4n) is 5.85. The smallest absolute Gasteiger partial charge is 0.250 e. The summed E-state index contributed by atoms with van der Waals surface area (Å²) in [6.07, 6.45) is 2.26. The standard InChI is InChI=1S/C33H40N4O2/c1-25(2)34-29-15-11-27(12-16-29)17-20-36-24-37(30-7-5-4-6-8-30)33(32(36)39)18-21-35(22-19-33)23-31(38)28-13-9-26(3)10-14-28/h4-16,25,34H,17-24H2,1-3H3. The van der Waals surface area contributed by atoms with Crippen LogP contribution in [0, 0.1) is 6.92 Å². The number of amides is 1. The van der Waals surface area contributed by atoms with Crippen molar-refractivity contribution in [1.82, 2.24) is 9.80 Å². The molecule has 1 spiro atoms. The van der Waals surface area contributed by atoms with Crippen molar-refractivity contribution >= 4 is 23.1 Å². The molecule has 0 saturated carbocycles. The van der Waals surface area contributed by atoms with E-state index in [1.165, 1.54) is 5.56 Å². The zero-order valence-corrected chi connectivity index (χ0v) is 23.4. The number of Topliss-reactive ketones (excluding diaryl/α,β-unsaturated/α-hetero) is 1. The van der Waals surface area contributed by atoms with Crippen molar-refractivity contribution in [1.29, 1.82) is 0 Å². The Kier molecular flexibility index (Phi) is 8.03. The van der Waals surface area contributed by atoms with Gasteiger partial charge in [0.05, 0.1) is 13.2 Å². The highest BCUT2D eigenvalue weighted by Gasteiger charge is 2.53. The molecule has 3 aromatic rings. The summed E-state index contributed by atoms with van der Waals surface area (Å²) >= 11 is 0. The maximum absolute atomic E-state index is 14.0. The van der Waals surface area contributed by atoms with E-state index in [1.807, 2.05) is 54.3 Å². The number of benzene rings is 3. The monoisotopic (exact) mass is 524 g/mol. The number of nitrogens with one attached hydrogen (secondary N) is 1. The van der Waals surface area contributed by atoms with Crippen LogP contribution in [-0.2, 0) is 11.2 Å². The number of rotatable bonds is 9. The van der Waals surface area contributed by atoms with Crippen molar-refractivity contribution in [2.24, 2.45) is 0 Å². The van der Waals surface area contributed by atoms with Gasteiger partial charge in [-0.15, -0.1) is 0 Å². The number of carbonyl (C=O) groups is 2. The summed E-state index contributed by atoms with van der Waals surface area (Å²) in [7, 11) is 0. The Morgan fingerprint density at radius 1 is 0.923 bits per heavy atom. The second kappa shape index (κ2) is 11.6. The van der Waals surface area contributed by atoms with Gasteiger partial charge in [-0.2, -0.15) is 0 Å². The van der Waals surface area contributed by atoms with E-state index >= 15 is 0 Å². The molecule has 0 aromatic heterocycles. The molecule has 0 bridgehead atoms. The first-order chi connectivity index (χ1) is 18.8. The fraction of sp³-hybridized carbons (Fsp3) is 0.394. The van der Waals surface area contributed by atoms with Crippen molar-refractivity contribution in [3.05, 3.63) is 95.6 Å². The van der Waals surface area contributed by atoms with Crippen LogP contribution in [-0.4, -0.2) is 65.9 Å². The number of hydrogen-bond donors (Lipinski definition) is 1. The van der Waals surface area contributed by atoms with E-state index < -0.39 is 5.54 Å². The normalized spacial score (nSPS) is 17.3. The van der Waals surface area contributed by atoms with Gasteiger partial charge < -0.3 is 15.1 Å². The summed E-state index contributed by atoms with van der Waals surface area (Å²) in [5.74, 6) is 0.355. The summed E-state index contributed by atoms with van der Waals surface area (Å²) in [4.78, 5) is 33.5. The maximum Gasteiger partial charge on any atom is 0.250 e. The number of likely N-dealkylation sites (tertiary alicyclic amines) is 1. The van der Waals surface area contributed by atoms with Crippen LogP contribution < -0.4 is 10.2 Å². The lowest BCUT2D eigenvalue weighted by Gasteiger charge is -2.43. The number of anilines is 2. The predicted molar refractivity (Wildman–Crippen MR) is 158 cm³/mol. The van der Waals surface area contributed by atoms with Crippen LogP contribution in [0.5, 0.6) is 0 Å². The molecule has 0 aliphatic carbocycles. The molecule has 204 valence electrons. The number of piperidine rings is 1. The SMILES string of the molecule is Cc1ccc(C(=O)CN2CCC3(CC2)C(=O)N(CCc2ccc(NC(C)C)cc2)CN3c2ccccc2)cc1. The van der Waals surface area contributed by atoms with Crippen LogP contribution in [0.25, 0.3) is 0 Å². The molecule has 6 nitrogen and oxygen atoms in total. The second-order valence-electron chi connectivity index (χ2n) is 11.3. The third kappa shape index (κ3) is 6.01. The van der Waals surface area contributed by atoms with E-state index in [0.29, 0.717) is 38.6 Å². The van der Waals surface area contributed by atoms with E-state index in [4.69, 9.17) is 0 Å². The lowest BCUT2D eigenvalue weighted by atomic mass is 9.85. The highest BCUT2D eigenvalue weighted by molar-refractivity contribution is 5.98. The van der Waals surface area contributed by atoms with Crippen LogP contribution >= 0.6 is 0 Å². The van der Waals surface area contributed by atoms with E-state index in [0.717, 1.165) is 42.0 Å². The lowest BCUT2D eigenvalue weighted by Crippen LogP contribution is -2.57. The highest BCUT2D eigenvalue weighted by Crippen LogP contribution is 2.39. The Balaban J connectivity index is 1.26. The van der Waals surface area contributed by atoms with Crippen LogP contribution in [0.2, 0.25) is 0 Å². The van der Waals surface area contributed by atoms with Crippen LogP contribution in [0.3, 0.4) is 0 Å². The fourth-order valence-corrected chi connectivity index (χ4v) is 5.85. The highest BCUT2D eigenvalue weighted by atomic mass is 16.2. The molecule has 2 saturated heterocycles. The van der Waals surface area contributed by atoms with Gasteiger partial charge in [0.1, 0.15) is 5.54 Å². The molecule has 2 fully saturated rings. The van der Waals surface area contributed by atoms with Gasteiger partial charge in [-0.1, -0.05) is 60.2 Å². The number of carbonyl (C=O) groups excluding carboxylic acids is 2. The quantitative estimate of drug-likeness (QED) is 0.381. The van der Waals surface area contributed by atoms with Gasteiger partial charge >= 0.3 is 0 Å². The zero-order chi connectivity index (χ0) is 27.4. The van der Waals surface area contributed by atoms with Crippen molar-refractivity contribution in [3.63, 3.8) is 0 Å². The predicted octanol–water partition coefficient (Wildman–Crippen LogP) is 5.38. The molecular weight excluding hydrogens is 484 g/mol. The Hall–Kier alpha value is -3.64. The first kappa shape index (κ1) is 26.9. The number of nitrogens with zero attached hydrogens (tertiary/aromatic N) is 3.